The fourth-order valence-electron chi connectivity index (χ4n) is 4.59. The average molecular weight is 288 g/mol. The van der Waals surface area contributed by atoms with Gasteiger partial charge in [0.1, 0.15) is 0 Å². The van der Waals surface area contributed by atoms with E-state index in [1.54, 1.807) is 0 Å². The van der Waals surface area contributed by atoms with Gasteiger partial charge in [-0.3, -0.25) is 0 Å². The lowest BCUT2D eigenvalue weighted by molar-refractivity contribution is -0.338. The molecule has 2 heteroatoms. The molecule has 0 spiro atoms. The smallest absolute Gasteiger partial charge is 0.174 e. The third-order valence-corrected chi connectivity index (χ3v) is 5.58. The molecule has 0 unspecified atom stereocenters. The second-order valence-electron chi connectivity index (χ2n) is 6.75. The molecule has 2 nitrogen and oxygen atoms in total. The van der Waals surface area contributed by atoms with Crippen molar-refractivity contribution in [1.82, 2.24) is 0 Å². The molecule has 5 atom stereocenters. The summed E-state index contributed by atoms with van der Waals surface area (Å²) in [6.07, 6.45) is 16.6. The molecule has 21 heavy (non-hydrogen) atoms. The zero-order valence-electron chi connectivity index (χ0n) is 13.2. The predicted octanol–water partition coefficient (Wildman–Crippen LogP) is 4.49. The van der Waals surface area contributed by atoms with Gasteiger partial charge >= 0.3 is 0 Å². The third-order valence-electron chi connectivity index (χ3n) is 5.58. The summed E-state index contributed by atoms with van der Waals surface area (Å²) in [4.78, 5) is 0. The van der Waals surface area contributed by atoms with Gasteiger partial charge in [-0.1, -0.05) is 43.9 Å². The minimum Gasteiger partial charge on any atom is -0.349 e. The van der Waals surface area contributed by atoms with Gasteiger partial charge in [-0.15, -0.1) is 0 Å². The molecule has 1 aliphatic heterocycles. The molecule has 2 fully saturated rings. The zero-order valence-corrected chi connectivity index (χ0v) is 13.2. The van der Waals surface area contributed by atoms with Gasteiger partial charge < -0.3 is 9.47 Å². The first kappa shape index (κ1) is 15.1. The van der Waals surface area contributed by atoms with Crippen LogP contribution in [0.1, 0.15) is 39.0 Å². The minimum absolute atomic E-state index is 0.335. The maximum absolute atomic E-state index is 6.43. The summed E-state index contributed by atoms with van der Waals surface area (Å²) in [5.74, 6) is 2.13. The predicted molar refractivity (Wildman–Crippen MR) is 85.8 cm³/mol. The van der Waals surface area contributed by atoms with Crippen molar-refractivity contribution in [3.63, 3.8) is 0 Å². The number of rotatable bonds is 5. The molecule has 0 aromatic heterocycles. The van der Waals surface area contributed by atoms with Crippen molar-refractivity contribution in [1.29, 1.82) is 0 Å². The van der Waals surface area contributed by atoms with E-state index in [9.17, 15) is 0 Å². The molecular formula is C19H28O2. The minimum atomic E-state index is -0.335. The van der Waals surface area contributed by atoms with Crippen molar-refractivity contribution in [3.8, 4) is 0 Å². The second-order valence-corrected chi connectivity index (χ2v) is 6.75. The van der Waals surface area contributed by atoms with Crippen LogP contribution in [0.15, 0.2) is 37.0 Å². The van der Waals surface area contributed by atoms with Gasteiger partial charge in [0.25, 0.3) is 0 Å². The van der Waals surface area contributed by atoms with E-state index in [0.29, 0.717) is 17.8 Å². The van der Waals surface area contributed by atoms with E-state index in [1.165, 1.54) is 19.3 Å². The maximum atomic E-state index is 6.43. The van der Waals surface area contributed by atoms with Crippen molar-refractivity contribution in [2.24, 2.45) is 23.7 Å². The van der Waals surface area contributed by atoms with Crippen LogP contribution in [-0.4, -0.2) is 19.0 Å². The Kier molecular flexibility index (Phi) is 4.66. The van der Waals surface area contributed by atoms with E-state index in [0.717, 1.165) is 32.0 Å². The SMILES string of the molecule is C=C/C=C/CCO[C@]12OCC[C@@H]3C=CC[C@H](CC[C@H]1C)[C@H]32. The van der Waals surface area contributed by atoms with Gasteiger partial charge in [0, 0.05) is 11.8 Å². The van der Waals surface area contributed by atoms with Crippen LogP contribution in [0.4, 0.5) is 0 Å². The van der Waals surface area contributed by atoms with Crippen LogP contribution >= 0.6 is 0 Å². The molecule has 1 saturated carbocycles. The molecule has 2 aliphatic carbocycles. The second kappa shape index (κ2) is 6.50. The van der Waals surface area contributed by atoms with Crippen LogP contribution in [0.25, 0.3) is 0 Å². The number of ether oxygens (including phenoxy) is 2. The van der Waals surface area contributed by atoms with Crippen molar-refractivity contribution >= 4 is 0 Å². The molecule has 0 N–H and O–H groups in total. The van der Waals surface area contributed by atoms with E-state index in [2.05, 4.69) is 31.7 Å². The quantitative estimate of drug-likeness (QED) is 0.421. The summed E-state index contributed by atoms with van der Waals surface area (Å²) in [5, 5.41) is 0. The van der Waals surface area contributed by atoms with Crippen LogP contribution < -0.4 is 0 Å². The van der Waals surface area contributed by atoms with Crippen molar-refractivity contribution in [2.45, 2.75) is 44.8 Å². The number of hydrogen-bond acceptors (Lipinski definition) is 2. The molecule has 116 valence electrons. The monoisotopic (exact) mass is 288 g/mol. The van der Waals surface area contributed by atoms with Crippen LogP contribution in [0.5, 0.6) is 0 Å². The van der Waals surface area contributed by atoms with Gasteiger partial charge in [-0.25, -0.2) is 0 Å². The summed E-state index contributed by atoms with van der Waals surface area (Å²) in [6.45, 7) is 7.60. The highest BCUT2D eigenvalue weighted by molar-refractivity contribution is 5.09. The lowest BCUT2D eigenvalue weighted by Crippen LogP contribution is -2.60. The Hall–Kier alpha value is -0.860. The molecule has 0 radical (unpaired) electrons. The summed E-state index contributed by atoms with van der Waals surface area (Å²) in [6, 6.07) is 0. The van der Waals surface area contributed by atoms with Gasteiger partial charge in [0.2, 0.25) is 0 Å². The Morgan fingerprint density at radius 3 is 3.14 bits per heavy atom. The van der Waals surface area contributed by atoms with Crippen LogP contribution in [-0.2, 0) is 9.47 Å². The summed E-state index contributed by atoms with van der Waals surface area (Å²) in [7, 11) is 0. The molecule has 0 bridgehead atoms. The van der Waals surface area contributed by atoms with Crippen LogP contribution in [0.2, 0.25) is 0 Å². The van der Waals surface area contributed by atoms with Crippen LogP contribution in [0.3, 0.4) is 0 Å². The first-order valence-electron chi connectivity index (χ1n) is 8.50. The van der Waals surface area contributed by atoms with E-state index in [-0.39, 0.29) is 5.79 Å². The maximum Gasteiger partial charge on any atom is 0.174 e. The molecule has 0 aromatic rings. The first-order valence-corrected chi connectivity index (χ1v) is 8.50. The molecule has 1 heterocycles. The van der Waals surface area contributed by atoms with E-state index >= 15 is 0 Å². The Labute approximate surface area is 128 Å². The molecule has 3 rings (SSSR count). The highest BCUT2D eigenvalue weighted by Crippen LogP contribution is 2.54. The lowest BCUT2D eigenvalue weighted by atomic mass is 9.60. The summed E-state index contributed by atoms with van der Waals surface area (Å²) < 4.78 is 12.8. The fraction of sp³-hybridized carbons (Fsp3) is 0.684. The standard InChI is InChI=1S/C19H28O2/c1-3-4-5-6-13-20-19-15(2)10-11-16-8-7-9-17(18(16)19)12-14-21-19/h3-5,7,9,15-18H,1,6,8,10-14H2,2H3/b5-4+/t15-,16-,17+,18-,19+/m1/s1. The molecular weight excluding hydrogens is 260 g/mol. The fourth-order valence-corrected chi connectivity index (χ4v) is 4.59. The molecule has 0 amide bonds. The molecule has 3 aliphatic rings. The highest BCUT2D eigenvalue weighted by Gasteiger charge is 2.56. The lowest BCUT2D eigenvalue weighted by Gasteiger charge is -2.56. The third kappa shape index (κ3) is 2.76. The van der Waals surface area contributed by atoms with Crippen molar-refractivity contribution < 1.29 is 9.47 Å². The number of allylic oxidation sites excluding steroid dienone is 4. The summed E-state index contributed by atoms with van der Waals surface area (Å²) >= 11 is 0. The molecule has 0 aromatic carbocycles. The first-order chi connectivity index (χ1) is 10.3. The van der Waals surface area contributed by atoms with Gasteiger partial charge in [0.05, 0.1) is 13.2 Å². The largest absolute Gasteiger partial charge is 0.349 e. The van der Waals surface area contributed by atoms with Crippen LogP contribution in [0, 0.1) is 23.7 Å². The Morgan fingerprint density at radius 1 is 1.38 bits per heavy atom. The molecule has 1 saturated heterocycles. The Morgan fingerprint density at radius 2 is 2.29 bits per heavy atom. The summed E-state index contributed by atoms with van der Waals surface area (Å²) in [5.41, 5.74) is 0. The van der Waals surface area contributed by atoms with E-state index < -0.39 is 0 Å². The highest BCUT2D eigenvalue weighted by atomic mass is 16.7. The van der Waals surface area contributed by atoms with Crippen molar-refractivity contribution in [2.75, 3.05) is 13.2 Å². The average Bonchev–Trinajstić information content (AvgIpc) is 2.51. The van der Waals surface area contributed by atoms with Gasteiger partial charge in [0.15, 0.2) is 5.79 Å². The Bertz CT molecular complexity index is 425. The normalized spacial score (nSPS) is 42.0. The van der Waals surface area contributed by atoms with Gasteiger partial charge in [-0.2, -0.15) is 0 Å². The van der Waals surface area contributed by atoms with E-state index in [4.69, 9.17) is 9.47 Å². The van der Waals surface area contributed by atoms with E-state index in [1.807, 2.05) is 12.2 Å². The topological polar surface area (TPSA) is 18.5 Å². The Balaban J connectivity index is 1.76. The van der Waals surface area contributed by atoms with Gasteiger partial charge in [-0.05, 0) is 43.9 Å². The zero-order chi connectivity index (χ0) is 14.7. The van der Waals surface area contributed by atoms with Crippen molar-refractivity contribution in [3.05, 3.63) is 37.0 Å². The number of hydrogen-bond donors (Lipinski definition) is 0.